The minimum absolute atomic E-state index is 0.132. The molecule has 116 valence electrons. The number of aromatic nitrogens is 3. The van der Waals surface area contributed by atoms with Gasteiger partial charge in [-0.25, -0.2) is 4.79 Å². The molecule has 0 aliphatic rings. The molecule has 8 nitrogen and oxygen atoms in total. The first-order chi connectivity index (χ1) is 10.5. The van der Waals surface area contributed by atoms with Crippen molar-refractivity contribution < 1.29 is 4.79 Å². The molecule has 3 N–H and O–H groups in total. The number of amides is 2. The number of rotatable bonds is 4. The highest BCUT2D eigenvalue weighted by Gasteiger charge is 2.11. The molecule has 0 aliphatic carbocycles. The fourth-order valence-electron chi connectivity index (χ4n) is 1.55. The lowest BCUT2D eigenvalue weighted by Crippen LogP contribution is -2.23. The van der Waals surface area contributed by atoms with E-state index in [0.29, 0.717) is 22.6 Å². The van der Waals surface area contributed by atoms with Crippen LogP contribution in [-0.2, 0) is 0 Å². The van der Waals surface area contributed by atoms with Crippen LogP contribution < -0.4 is 20.9 Å². The van der Waals surface area contributed by atoms with E-state index in [0.717, 1.165) is 0 Å². The molecule has 2 amide bonds. The van der Waals surface area contributed by atoms with Crippen molar-refractivity contribution in [2.45, 2.75) is 0 Å². The van der Waals surface area contributed by atoms with Crippen LogP contribution in [0.2, 0.25) is 5.02 Å². The summed E-state index contributed by atoms with van der Waals surface area (Å²) < 4.78 is 0. The van der Waals surface area contributed by atoms with Gasteiger partial charge >= 0.3 is 6.03 Å². The van der Waals surface area contributed by atoms with Gasteiger partial charge in [-0.1, -0.05) is 23.7 Å². The Balaban J connectivity index is 2.14. The van der Waals surface area contributed by atoms with Gasteiger partial charge in [-0.05, 0) is 12.1 Å². The molecule has 0 atom stereocenters. The lowest BCUT2D eigenvalue weighted by molar-refractivity contribution is 0.262. The zero-order valence-electron chi connectivity index (χ0n) is 12.4. The Bertz CT molecular complexity index is 677. The van der Waals surface area contributed by atoms with E-state index < -0.39 is 6.03 Å². The number of anilines is 4. The number of nitrogens with one attached hydrogen (secondary N) is 3. The molecule has 22 heavy (non-hydrogen) atoms. The molecule has 2 rings (SSSR count). The maximum atomic E-state index is 12.0. The normalized spacial score (nSPS) is 10.0. The molecule has 0 radical (unpaired) electrons. The quantitative estimate of drug-likeness (QED) is 0.799. The monoisotopic (exact) mass is 321 g/mol. The standard InChI is InChI=1S/C13H16ClN7O/c1-15-10-17-11(19-12(18-10)21(2)3)20-13(22)16-9-7-5-4-6-8(9)14/h4-7H,1-3H3,(H3,15,16,17,18,19,20,22). The van der Waals surface area contributed by atoms with Gasteiger partial charge in [-0.2, -0.15) is 15.0 Å². The molecule has 1 aromatic heterocycles. The van der Waals surface area contributed by atoms with Gasteiger partial charge in [0.2, 0.25) is 17.8 Å². The van der Waals surface area contributed by atoms with Crippen LogP contribution in [0.3, 0.4) is 0 Å². The number of benzene rings is 1. The first kappa shape index (κ1) is 15.8. The van der Waals surface area contributed by atoms with Crippen molar-refractivity contribution in [3.63, 3.8) is 0 Å². The second-order valence-electron chi connectivity index (χ2n) is 4.49. The molecule has 0 saturated carbocycles. The van der Waals surface area contributed by atoms with Crippen LogP contribution in [0.25, 0.3) is 0 Å². The van der Waals surface area contributed by atoms with E-state index in [4.69, 9.17) is 11.6 Å². The molecule has 0 bridgehead atoms. The van der Waals surface area contributed by atoms with Gasteiger partial charge in [-0.15, -0.1) is 0 Å². The molecule has 9 heteroatoms. The molecular weight excluding hydrogens is 306 g/mol. The largest absolute Gasteiger partial charge is 0.357 e. The minimum Gasteiger partial charge on any atom is -0.357 e. The van der Waals surface area contributed by atoms with Crippen molar-refractivity contribution in [2.24, 2.45) is 0 Å². The summed E-state index contributed by atoms with van der Waals surface area (Å²) in [7, 11) is 5.27. The number of hydrogen-bond donors (Lipinski definition) is 3. The molecule has 2 aromatic rings. The Hall–Kier alpha value is -2.61. The minimum atomic E-state index is -0.494. The Morgan fingerprint density at radius 1 is 1.09 bits per heavy atom. The molecule has 0 aliphatic heterocycles. The number of para-hydroxylation sites is 1. The summed E-state index contributed by atoms with van der Waals surface area (Å²) in [5.41, 5.74) is 0.498. The Morgan fingerprint density at radius 3 is 2.41 bits per heavy atom. The van der Waals surface area contributed by atoms with Gasteiger partial charge in [0.25, 0.3) is 0 Å². The van der Waals surface area contributed by atoms with Gasteiger partial charge in [0.1, 0.15) is 0 Å². The SMILES string of the molecule is CNc1nc(NC(=O)Nc2ccccc2Cl)nc(N(C)C)n1. The molecule has 1 heterocycles. The fourth-order valence-corrected chi connectivity index (χ4v) is 1.73. The summed E-state index contributed by atoms with van der Waals surface area (Å²) in [4.78, 5) is 26.1. The number of carbonyl (C=O) groups is 1. The maximum Gasteiger partial charge on any atom is 0.326 e. The summed E-state index contributed by atoms with van der Waals surface area (Å²) in [6, 6.07) is 6.43. The fraction of sp³-hybridized carbons (Fsp3) is 0.231. The molecule has 0 unspecified atom stereocenters. The Labute approximate surface area is 132 Å². The highest BCUT2D eigenvalue weighted by atomic mass is 35.5. The van der Waals surface area contributed by atoms with E-state index >= 15 is 0 Å². The average Bonchev–Trinajstić information content (AvgIpc) is 2.49. The predicted molar refractivity (Wildman–Crippen MR) is 87.8 cm³/mol. The van der Waals surface area contributed by atoms with Crippen LogP contribution in [0.5, 0.6) is 0 Å². The number of nitrogens with zero attached hydrogens (tertiary/aromatic N) is 4. The van der Waals surface area contributed by atoms with Crippen LogP contribution >= 0.6 is 11.6 Å². The molecule has 0 spiro atoms. The van der Waals surface area contributed by atoms with E-state index in [2.05, 4.69) is 30.9 Å². The second-order valence-corrected chi connectivity index (χ2v) is 4.89. The zero-order valence-corrected chi connectivity index (χ0v) is 13.1. The van der Waals surface area contributed by atoms with Crippen molar-refractivity contribution in [3.8, 4) is 0 Å². The van der Waals surface area contributed by atoms with Crippen LogP contribution in [0.15, 0.2) is 24.3 Å². The highest BCUT2D eigenvalue weighted by molar-refractivity contribution is 6.33. The smallest absolute Gasteiger partial charge is 0.326 e. The van der Waals surface area contributed by atoms with Crippen molar-refractivity contribution in [3.05, 3.63) is 29.3 Å². The van der Waals surface area contributed by atoms with E-state index in [1.165, 1.54) is 0 Å². The number of halogens is 1. The topological polar surface area (TPSA) is 95.1 Å². The highest BCUT2D eigenvalue weighted by Crippen LogP contribution is 2.20. The van der Waals surface area contributed by atoms with E-state index in [1.54, 1.807) is 50.3 Å². The van der Waals surface area contributed by atoms with Crippen molar-refractivity contribution in [1.29, 1.82) is 0 Å². The predicted octanol–water partition coefficient (Wildman–Crippen LogP) is 2.28. The van der Waals surface area contributed by atoms with Crippen molar-refractivity contribution in [2.75, 3.05) is 42.0 Å². The van der Waals surface area contributed by atoms with Gasteiger partial charge < -0.3 is 15.5 Å². The van der Waals surface area contributed by atoms with Gasteiger partial charge in [0, 0.05) is 21.1 Å². The van der Waals surface area contributed by atoms with Crippen LogP contribution in [-0.4, -0.2) is 42.1 Å². The summed E-state index contributed by atoms with van der Waals surface area (Å²) in [6.45, 7) is 0. The molecule has 1 aromatic carbocycles. The molecular formula is C13H16ClN7O. The number of hydrogen-bond acceptors (Lipinski definition) is 6. The summed E-state index contributed by atoms with van der Waals surface area (Å²) in [6.07, 6.45) is 0. The van der Waals surface area contributed by atoms with E-state index in [1.807, 2.05) is 0 Å². The third-order valence-electron chi connectivity index (χ3n) is 2.59. The molecule has 0 fully saturated rings. The number of carbonyl (C=O) groups excluding carboxylic acids is 1. The lowest BCUT2D eigenvalue weighted by Gasteiger charge is -2.13. The summed E-state index contributed by atoms with van der Waals surface area (Å²) in [5.74, 6) is 0.909. The Kier molecular flexibility index (Phi) is 4.95. The van der Waals surface area contributed by atoms with Crippen LogP contribution in [0.4, 0.5) is 28.3 Å². The maximum absolute atomic E-state index is 12.0. The first-order valence-corrected chi connectivity index (χ1v) is 6.81. The van der Waals surface area contributed by atoms with Gasteiger partial charge in [0.15, 0.2) is 0 Å². The Morgan fingerprint density at radius 2 is 1.77 bits per heavy atom. The van der Waals surface area contributed by atoms with Crippen molar-refractivity contribution >= 4 is 41.2 Å². The summed E-state index contributed by atoms with van der Waals surface area (Å²) >= 11 is 5.99. The third-order valence-corrected chi connectivity index (χ3v) is 2.92. The molecule has 0 saturated heterocycles. The average molecular weight is 322 g/mol. The van der Waals surface area contributed by atoms with Gasteiger partial charge in [-0.3, -0.25) is 5.32 Å². The van der Waals surface area contributed by atoms with Crippen molar-refractivity contribution in [1.82, 2.24) is 15.0 Å². The lowest BCUT2D eigenvalue weighted by atomic mass is 10.3. The third kappa shape index (κ3) is 3.95. The summed E-state index contributed by atoms with van der Waals surface area (Å²) in [5, 5.41) is 8.43. The van der Waals surface area contributed by atoms with Gasteiger partial charge in [0.05, 0.1) is 10.7 Å². The number of urea groups is 1. The van der Waals surface area contributed by atoms with E-state index in [-0.39, 0.29) is 5.95 Å². The second kappa shape index (κ2) is 6.90. The zero-order chi connectivity index (χ0) is 16.1. The van der Waals surface area contributed by atoms with Crippen LogP contribution in [0, 0.1) is 0 Å². The van der Waals surface area contributed by atoms with Crippen LogP contribution in [0.1, 0.15) is 0 Å². The first-order valence-electron chi connectivity index (χ1n) is 6.43. The van der Waals surface area contributed by atoms with E-state index in [9.17, 15) is 4.79 Å².